The minimum atomic E-state index is 0. The fourth-order valence-electron chi connectivity index (χ4n) is 3.21. The lowest BCUT2D eigenvalue weighted by molar-refractivity contribution is -0.133. The van der Waals surface area contributed by atoms with Crippen LogP contribution in [-0.2, 0) is 11.3 Å². The molecule has 0 saturated carbocycles. The first-order chi connectivity index (χ1) is 13.6. The van der Waals surface area contributed by atoms with Crippen LogP contribution in [-0.4, -0.2) is 47.4 Å². The first kappa shape index (κ1) is 23.6. The van der Waals surface area contributed by atoms with Crippen molar-refractivity contribution in [3.63, 3.8) is 0 Å². The number of carbonyl (C=O) groups excluding carboxylic acids is 1. The molecule has 0 aliphatic carbocycles. The van der Waals surface area contributed by atoms with E-state index in [9.17, 15) is 4.79 Å². The zero-order chi connectivity index (χ0) is 19.9. The number of carbonyl (C=O) groups is 1. The standard InChI is InChI=1S/C21H29N5OS.HI/c1-4-22-21(25-17-10-11-26(13-17)20(27)15(2)3)23-12-18-14-28-19(24-18)16-8-6-5-7-9-16;/h5-9,14-15,17H,4,10-13H2,1-3H3,(H2,22,23,25);1H. The SMILES string of the molecule is CCNC(=NCc1csc(-c2ccccc2)n1)NC1CCN(C(=O)C(C)C)C1.I. The predicted molar refractivity (Wildman–Crippen MR) is 131 cm³/mol. The molecule has 1 saturated heterocycles. The molecular weight excluding hydrogens is 497 g/mol. The van der Waals surface area contributed by atoms with Crippen molar-refractivity contribution in [1.82, 2.24) is 20.5 Å². The molecule has 2 aromatic rings. The van der Waals surface area contributed by atoms with Crippen LogP contribution < -0.4 is 10.6 Å². The van der Waals surface area contributed by atoms with Crippen molar-refractivity contribution in [2.24, 2.45) is 10.9 Å². The van der Waals surface area contributed by atoms with E-state index < -0.39 is 0 Å². The Morgan fingerprint density at radius 1 is 1.34 bits per heavy atom. The van der Waals surface area contributed by atoms with Crippen LogP contribution in [0.4, 0.5) is 0 Å². The van der Waals surface area contributed by atoms with E-state index in [0.29, 0.717) is 6.54 Å². The summed E-state index contributed by atoms with van der Waals surface area (Å²) in [6.07, 6.45) is 0.942. The fraction of sp³-hybridized carbons (Fsp3) is 0.476. The number of halogens is 1. The molecule has 1 unspecified atom stereocenters. The molecule has 6 nitrogen and oxygen atoms in total. The number of hydrogen-bond donors (Lipinski definition) is 2. The average molecular weight is 527 g/mol. The summed E-state index contributed by atoms with van der Waals surface area (Å²) < 4.78 is 0. The number of aromatic nitrogens is 1. The fourth-order valence-corrected chi connectivity index (χ4v) is 4.03. The number of nitrogens with one attached hydrogen (secondary N) is 2. The summed E-state index contributed by atoms with van der Waals surface area (Å²) in [5, 5.41) is 9.85. The Balaban J connectivity index is 0.00000300. The van der Waals surface area contributed by atoms with Crippen molar-refractivity contribution in [3.8, 4) is 10.6 Å². The van der Waals surface area contributed by atoms with E-state index in [0.717, 1.165) is 48.3 Å². The van der Waals surface area contributed by atoms with Gasteiger partial charge in [-0.2, -0.15) is 0 Å². The molecule has 1 fully saturated rings. The Morgan fingerprint density at radius 2 is 2.10 bits per heavy atom. The number of guanidine groups is 1. The van der Waals surface area contributed by atoms with E-state index in [-0.39, 0.29) is 41.8 Å². The highest BCUT2D eigenvalue weighted by Gasteiger charge is 2.27. The van der Waals surface area contributed by atoms with Crippen LogP contribution in [0.3, 0.4) is 0 Å². The monoisotopic (exact) mass is 527 g/mol. The number of thiazole rings is 1. The predicted octanol–water partition coefficient (Wildman–Crippen LogP) is 3.74. The van der Waals surface area contributed by atoms with Crippen molar-refractivity contribution in [1.29, 1.82) is 0 Å². The van der Waals surface area contributed by atoms with Crippen LogP contribution in [0.2, 0.25) is 0 Å². The van der Waals surface area contributed by atoms with Crippen LogP contribution in [0.5, 0.6) is 0 Å². The lowest BCUT2D eigenvalue weighted by Gasteiger charge is -2.20. The molecule has 1 aromatic heterocycles. The molecule has 1 amide bonds. The summed E-state index contributed by atoms with van der Waals surface area (Å²) >= 11 is 1.64. The van der Waals surface area contributed by atoms with E-state index in [1.807, 2.05) is 36.9 Å². The third kappa shape index (κ3) is 6.67. The summed E-state index contributed by atoms with van der Waals surface area (Å²) in [6.45, 7) is 8.81. The van der Waals surface area contributed by atoms with Crippen LogP contribution in [0.1, 0.15) is 32.9 Å². The summed E-state index contributed by atoms with van der Waals surface area (Å²) in [7, 11) is 0. The highest BCUT2D eigenvalue weighted by Crippen LogP contribution is 2.23. The van der Waals surface area contributed by atoms with Crippen LogP contribution in [0.15, 0.2) is 40.7 Å². The third-order valence-electron chi connectivity index (χ3n) is 4.65. The highest BCUT2D eigenvalue weighted by atomic mass is 127. The lowest BCUT2D eigenvalue weighted by Crippen LogP contribution is -2.45. The summed E-state index contributed by atoms with van der Waals surface area (Å²) in [5.74, 6) is 1.05. The van der Waals surface area contributed by atoms with Gasteiger partial charge in [0.25, 0.3) is 0 Å². The average Bonchev–Trinajstić information content (AvgIpc) is 3.36. The Kier molecular flexibility index (Phi) is 9.35. The van der Waals surface area contributed by atoms with Crippen molar-refractivity contribution in [3.05, 3.63) is 41.4 Å². The molecule has 0 radical (unpaired) electrons. The normalized spacial score (nSPS) is 16.6. The minimum absolute atomic E-state index is 0. The molecule has 29 heavy (non-hydrogen) atoms. The van der Waals surface area contributed by atoms with Gasteiger partial charge in [-0.25, -0.2) is 9.98 Å². The molecule has 0 spiro atoms. The van der Waals surface area contributed by atoms with Gasteiger partial charge in [0.2, 0.25) is 5.91 Å². The first-order valence-electron chi connectivity index (χ1n) is 9.90. The van der Waals surface area contributed by atoms with Gasteiger partial charge < -0.3 is 15.5 Å². The second-order valence-corrected chi connectivity index (χ2v) is 8.13. The topological polar surface area (TPSA) is 69.6 Å². The maximum Gasteiger partial charge on any atom is 0.225 e. The molecule has 3 rings (SSSR count). The molecule has 2 heterocycles. The first-order valence-corrected chi connectivity index (χ1v) is 10.8. The largest absolute Gasteiger partial charge is 0.357 e. The molecule has 1 aliphatic heterocycles. The summed E-state index contributed by atoms with van der Waals surface area (Å²) in [4.78, 5) is 23.5. The van der Waals surface area contributed by atoms with Crippen molar-refractivity contribution < 1.29 is 4.79 Å². The minimum Gasteiger partial charge on any atom is -0.357 e. The number of nitrogens with zero attached hydrogens (tertiary/aromatic N) is 3. The van der Waals surface area contributed by atoms with Crippen LogP contribution in [0, 0.1) is 5.92 Å². The Morgan fingerprint density at radius 3 is 2.79 bits per heavy atom. The zero-order valence-corrected chi connectivity index (χ0v) is 20.4. The third-order valence-corrected chi connectivity index (χ3v) is 5.59. The van der Waals surface area contributed by atoms with Gasteiger partial charge in [-0.3, -0.25) is 4.79 Å². The second-order valence-electron chi connectivity index (χ2n) is 7.27. The molecule has 158 valence electrons. The summed E-state index contributed by atoms with van der Waals surface area (Å²) in [5.41, 5.74) is 2.10. The molecule has 1 aromatic carbocycles. The van der Waals surface area contributed by atoms with Crippen LogP contribution in [0.25, 0.3) is 10.6 Å². The Labute approximate surface area is 194 Å². The number of amides is 1. The molecular formula is C21H30IN5OS. The second kappa shape index (κ2) is 11.5. The smallest absolute Gasteiger partial charge is 0.225 e. The van der Waals surface area contributed by atoms with E-state index in [2.05, 4.69) is 35.1 Å². The van der Waals surface area contributed by atoms with Gasteiger partial charge in [-0.15, -0.1) is 35.3 Å². The van der Waals surface area contributed by atoms with Gasteiger partial charge in [0.1, 0.15) is 5.01 Å². The number of hydrogen-bond acceptors (Lipinski definition) is 4. The number of aliphatic imine (C=N–C) groups is 1. The molecule has 0 bridgehead atoms. The van der Waals surface area contributed by atoms with Gasteiger partial charge in [0.15, 0.2) is 5.96 Å². The Hall–Kier alpha value is -1.68. The van der Waals surface area contributed by atoms with Crippen molar-refractivity contribution in [2.75, 3.05) is 19.6 Å². The quantitative estimate of drug-likeness (QED) is 0.341. The van der Waals surface area contributed by atoms with Gasteiger partial charge in [0.05, 0.1) is 12.2 Å². The highest BCUT2D eigenvalue weighted by molar-refractivity contribution is 14.0. The Bertz CT molecular complexity index is 808. The maximum atomic E-state index is 12.2. The number of benzene rings is 1. The van der Waals surface area contributed by atoms with E-state index in [1.165, 1.54) is 0 Å². The van der Waals surface area contributed by atoms with Gasteiger partial charge in [0, 0.05) is 42.5 Å². The zero-order valence-electron chi connectivity index (χ0n) is 17.2. The van der Waals surface area contributed by atoms with Gasteiger partial charge in [-0.05, 0) is 13.3 Å². The van der Waals surface area contributed by atoms with Crippen molar-refractivity contribution in [2.45, 2.75) is 39.8 Å². The van der Waals surface area contributed by atoms with E-state index in [4.69, 9.17) is 9.98 Å². The molecule has 2 N–H and O–H groups in total. The van der Waals surface area contributed by atoms with Gasteiger partial charge >= 0.3 is 0 Å². The lowest BCUT2D eigenvalue weighted by atomic mass is 10.2. The number of likely N-dealkylation sites (tertiary alicyclic amines) is 1. The van der Waals surface area contributed by atoms with E-state index >= 15 is 0 Å². The molecule has 8 heteroatoms. The van der Waals surface area contributed by atoms with Crippen molar-refractivity contribution >= 4 is 47.2 Å². The van der Waals surface area contributed by atoms with E-state index in [1.54, 1.807) is 11.3 Å². The van der Waals surface area contributed by atoms with Crippen LogP contribution >= 0.6 is 35.3 Å². The number of rotatable bonds is 6. The maximum absolute atomic E-state index is 12.2. The summed E-state index contributed by atoms with van der Waals surface area (Å²) in [6, 6.07) is 10.4. The molecule has 1 atom stereocenters. The van der Waals surface area contributed by atoms with Gasteiger partial charge in [-0.1, -0.05) is 44.2 Å². The molecule has 1 aliphatic rings.